The number of aliphatic hydroxyl groups excluding tert-OH is 1. The van der Waals surface area contributed by atoms with Crippen LogP contribution in [0.5, 0.6) is 5.75 Å². The van der Waals surface area contributed by atoms with Gasteiger partial charge in [0, 0.05) is 6.07 Å². The largest absolute Gasteiger partial charge is 0.496 e. The number of methoxy groups -OCH3 is 1. The standard InChI is InChI=1S/C16H16F2O2/c1-9-5-15(20-3)10(2)4-14(9)16(19)11-6-12(17)8-13(18)7-11/h4-8,16,19H,1-3H3. The fourth-order valence-corrected chi connectivity index (χ4v) is 2.24. The number of aliphatic hydroxyl groups is 1. The first-order chi connectivity index (χ1) is 9.42. The Morgan fingerprint density at radius 3 is 2.10 bits per heavy atom. The molecule has 0 heterocycles. The summed E-state index contributed by atoms with van der Waals surface area (Å²) in [5.41, 5.74) is 2.44. The molecule has 0 spiro atoms. The van der Waals surface area contributed by atoms with Crippen LogP contribution in [0.15, 0.2) is 30.3 Å². The molecule has 2 aromatic carbocycles. The van der Waals surface area contributed by atoms with Gasteiger partial charge in [0.1, 0.15) is 23.5 Å². The number of hydrogen-bond donors (Lipinski definition) is 1. The van der Waals surface area contributed by atoms with Crippen LogP contribution in [0.2, 0.25) is 0 Å². The van der Waals surface area contributed by atoms with E-state index < -0.39 is 17.7 Å². The van der Waals surface area contributed by atoms with Crippen molar-refractivity contribution in [2.45, 2.75) is 20.0 Å². The van der Waals surface area contributed by atoms with Crippen molar-refractivity contribution in [1.82, 2.24) is 0 Å². The first-order valence-electron chi connectivity index (χ1n) is 6.21. The Bertz CT molecular complexity index is 618. The zero-order chi connectivity index (χ0) is 14.9. The van der Waals surface area contributed by atoms with Crippen LogP contribution in [-0.4, -0.2) is 12.2 Å². The van der Waals surface area contributed by atoms with E-state index in [0.717, 1.165) is 29.3 Å². The van der Waals surface area contributed by atoms with E-state index in [4.69, 9.17) is 4.74 Å². The minimum Gasteiger partial charge on any atom is -0.496 e. The van der Waals surface area contributed by atoms with Crippen LogP contribution in [0.25, 0.3) is 0 Å². The highest BCUT2D eigenvalue weighted by atomic mass is 19.1. The third kappa shape index (κ3) is 2.80. The van der Waals surface area contributed by atoms with Gasteiger partial charge in [-0.2, -0.15) is 0 Å². The lowest BCUT2D eigenvalue weighted by Gasteiger charge is -2.17. The van der Waals surface area contributed by atoms with E-state index in [0.29, 0.717) is 11.3 Å². The molecule has 0 radical (unpaired) electrons. The van der Waals surface area contributed by atoms with Gasteiger partial charge in [-0.15, -0.1) is 0 Å². The van der Waals surface area contributed by atoms with Gasteiger partial charge in [0.15, 0.2) is 0 Å². The lowest BCUT2D eigenvalue weighted by molar-refractivity contribution is 0.218. The molecule has 2 aromatic rings. The molecule has 0 saturated carbocycles. The fraction of sp³-hybridized carbons (Fsp3) is 0.250. The summed E-state index contributed by atoms with van der Waals surface area (Å²) in [6.07, 6.45) is -1.08. The number of halogens is 2. The van der Waals surface area contributed by atoms with E-state index in [1.807, 2.05) is 13.8 Å². The Morgan fingerprint density at radius 2 is 1.55 bits per heavy atom. The summed E-state index contributed by atoms with van der Waals surface area (Å²) in [6.45, 7) is 3.66. The molecular formula is C16H16F2O2. The van der Waals surface area contributed by atoms with Crippen molar-refractivity contribution in [2.24, 2.45) is 0 Å². The van der Waals surface area contributed by atoms with Crippen LogP contribution in [0.3, 0.4) is 0 Å². The van der Waals surface area contributed by atoms with Crippen LogP contribution in [-0.2, 0) is 0 Å². The van der Waals surface area contributed by atoms with Crippen molar-refractivity contribution in [3.05, 3.63) is 64.2 Å². The number of aryl methyl sites for hydroxylation is 2. The zero-order valence-corrected chi connectivity index (χ0v) is 11.6. The van der Waals surface area contributed by atoms with Gasteiger partial charge in [-0.25, -0.2) is 8.78 Å². The van der Waals surface area contributed by atoms with E-state index in [9.17, 15) is 13.9 Å². The molecular weight excluding hydrogens is 262 g/mol. The fourth-order valence-electron chi connectivity index (χ4n) is 2.24. The molecule has 106 valence electrons. The van der Waals surface area contributed by atoms with Gasteiger partial charge < -0.3 is 9.84 Å². The number of ether oxygens (including phenoxy) is 1. The molecule has 0 aromatic heterocycles. The van der Waals surface area contributed by atoms with Gasteiger partial charge in [0.2, 0.25) is 0 Å². The molecule has 2 nitrogen and oxygen atoms in total. The number of benzene rings is 2. The first-order valence-corrected chi connectivity index (χ1v) is 6.21. The summed E-state index contributed by atoms with van der Waals surface area (Å²) in [5, 5.41) is 10.3. The summed E-state index contributed by atoms with van der Waals surface area (Å²) < 4.78 is 31.7. The van der Waals surface area contributed by atoms with Crippen LogP contribution in [0.4, 0.5) is 8.78 Å². The molecule has 0 aliphatic rings. The third-order valence-electron chi connectivity index (χ3n) is 3.28. The molecule has 1 N–H and O–H groups in total. The topological polar surface area (TPSA) is 29.5 Å². The molecule has 4 heteroatoms. The molecule has 1 atom stereocenters. The van der Waals surface area contributed by atoms with E-state index in [2.05, 4.69) is 0 Å². The minimum absolute atomic E-state index is 0.190. The van der Waals surface area contributed by atoms with Crippen molar-refractivity contribution in [2.75, 3.05) is 7.11 Å². The summed E-state index contributed by atoms with van der Waals surface area (Å²) in [6, 6.07) is 6.60. The first kappa shape index (κ1) is 14.5. The molecule has 1 unspecified atom stereocenters. The van der Waals surface area contributed by atoms with Gasteiger partial charge in [0.05, 0.1) is 7.11 Å². The maximum absolute atomic E-state index is 13.2. The Labute approximate surface area is 116 Å². The average molecular weight is 278 g/mol. The Kier molecular flexibility index (Phi) is 4.04. The molecule has 0 fully saturated rings. The van der Waals surface area contributed by atoms with Crippen molar-refractivity contribution in [3.63, 3.8) is 0 Å². The minimum atomic E-state index is -1.08. The summed E-state index contributed by atoms with van der Waals surface area (Å²) in [4.78, 5) is 0. The third-order valence-corrected chi connectivity index (χ3v) is 3.28. The Hall–Kier alpha value is -1.94. The van der Waals surface area contributed by atoms with Crippen LogP contribution in [0, 0.1) is 25.5 Å². The molecule has 0 aliphatic heterocycles. The quantitative estimate of drug-likeness (QED) is 0.928. The lowest BCUT2D eigenvalue weighted by Crippen LogP contribution is -2.04. The predicted octanol–water partition coefficient (Wildman–Crippen LogP) is 3.67. The Balaban J connectivity index is 2.47. The second kappa shape index (κ2) is 5.59. The van der Waals surface area contributed by atoms with Crippen molar-refractivity contribution >= 4 is 0 Å². The average Bonchev–Trinajstić information content (AvgIpc) is 2.39. The van der Waals surface area contributed by atoms with Crippen LogP contribution < -0.4 is 4.74 Å². The predicted molar refractivity (Wildman–Crippen MR) is 72.9 cm³/mol. The zero-order valence-electron chi connectivity index (χ0n) is 11.6. The Morgan fingerprint density at radius 1 is 0.950 bits per heavy atom. The maximum Gasteiger partial charge on any atom is 0.126 e. The second-order valence-electron chi connectivity index (χ2n) is 4.78. The monoisotopic (exact) mass is 278 g/mol. The molecule has 0 bridgehead atoms. The molecule has 20 heavy (non-hydrogen) atoms. The van der Waals surface area contributed by atoms with Crippen molar-refractivity contribution < 1.29 is 18.6 Å². The highest BCUT2D eigenvalue weighted by Crippen LogP contribution is 2.30. The van der Waals surface area contributed by atoms with Crippen molar-refractivity contribution in [3.8, 4) is 5.75 Å². The molecule has 0 amide bonds. The van der Waals surface area contributed by atoms with Crippen molar-refractivity contribution in [1.29, 1.82) is 0 Å². The smallest absolute Gasteiger partial charge is 0.126 e. The highest BCUT2D eigenvalue weighted by Gasteiger charge is 2.16. The van der Waals surface area contributed by atoms with Crippen LogP contribution >= 0.6 is 0 Å². The number of hydrogen-bond acceptors (Lipinski definition) is 2. The van der Waals surface area contributed by atoms with Crippen LogP contribution in [0.1, 0.15) is 28.4 Å². The van der Waals surface area contributed by atoms with Gasteiger partial charge in [-0.3, -0.25) is 0 Å². The highest BCUT2D eigenvalue weighted by molar-refractivity contribution is 5.45. The normalized spacial score (nSPS) is 12.3. The molecule has 2 rings (SSSR count). The van der Waals surface area contributed by atoms with Gasteiger partial charge in [-0.05, 0) is 60.4 Å². The second-order valence-corrected chi connectivity index (χ2v) is 4.78. The van der Waals surface area contributed by atoms with E-state index in [1.165, 1.54) is 0 Å². The molecule has 0 saturated heterocycles. The summed E-state index contributed by atoms with van der Waals surface area (Å²) in [7, 11) is 1.57. The summed E-state index contributed by atoms with van der Waals surface area (Å²) in [5.74, 6) is -0.701. The van der Waals surface area contributed by atoms with E-state index in [1.54, 1.807) is 19.2 Å². The van der Waals surface area contributed by atoms with Gasteiger partial charge >= 0.3 is 0 Å². The van der Waals surface area contributed by atoms with Gasteiger partial charge in [-0.1, -0.05) is 0 Å². The number of rotatable bonds is 3. The molecule has 0 aliphatic carbocycles. The SMILES string of the molecule is COc1cc(C)c(C(O)c2cc(F)cc(F)c2)cc1C. The maximum atomic E-state index is 13.2. The van der Waals surface area contributed by atoms with Gasteiger partial charge in [0.25, 0.3) is 0 Å². The summed E-state index contributed by atoms with van der Waals surface area (Å²) >= 11 is 0. The van der Waals surface area contributed by atoms with E-state index in [-0.39, 0.29) is 5.56 Å². The van der Waals surface area contributed by atoms with E-state index >= 15 is 0 Å². The lowest BCUT2D eigenvalue weighted by atomic mass is 9.95.